The maximum absolute atomic E-state index is 12.6. The lowest BCUT2D eigenvalue weighted by molar-refractivity contribution is -0.384. The fraction of sp³-hybridized carbons (Fsp3) is 0.381. The Morgan fingerprint density at radius 3 is 2.50 bits per heavy atom. The highest BCUT2D eigenvalue weighted by Gasteiger charge is 2.17. The Labute approximate surface area is 164 Å². The van der Waals surface area contributed by atoms with Crippen LogP contribution in [0.15, 0.2) is 42.5 Å². The normalized spacial score (nSPS) is 15.2. The Kier molecular flexibility index (Phi) is 6.26. The van der Waals surface area contributed by atoms with E-state index < -0.39 is 4.92 Å². The number of anilines is 1. The van der Waals surface area contributed by atoms with Crippen molar-refractivity contribution in [3.63, 3.8) is 0 Å². The summed E-state index contributed by atoms with van der Waals surface area (Å²) >= 11 is 0. The van der Waals surface area contributed by atoms with E-state index in [2.05, 4.69) is 17.1 Å². The van der Waals surface area contributed by atoms with Crippen molar-refractivity contribution in [2.75, 3.05) is 25.5 Å². The van der Waals surface area contributed by atoms with E-state index in [9.17, 15) is 14.9 Å². The van der Waals surface area contributed by atoms with Gasteiger partial charge >= 0.3 is 0 Å². The molecule has 148 valence electrons. The van der Waals surface area contributed by atoms with Crippen LogP contribution in [0.4, 0.5) is 11.4 Å². The second-order valence-corrected chi connectivity index (χ2v) is 7.25. The van der Waals surface area contributed by atoms with Gasteiger partial charge in [0.05, 0.1) is 17.7 Å². The number of rotatable bonds is 6. The molecular formula is C21H25N3O4. The highest BCUT2D eigenvalue weighted by molar-refractivity contribution is 6.05. The van der Waals surface area contributed by atoms with E-state index in [1.807, 2.05) is 12.1 Å². The van der Waals surface area contributed by atoms with E-state index in [1.54, 1.807) is 12.1 Å². The van der Waals surface area contributed by atoms with E-state index in [0.717, 1.165) is 25.6 Å². The van der Waals surface area contributed by atoms with Crippen LogP contribution in [0.3, 0.4) is 0 Å². The van der Waals surface area contributed by atoms with E-state index in [-0.39, 0.29) is 17.3 Å². The standard InChI is InChI=1S/C21H25N3O4/c1-15-9-11-23(12-10-15)14-16-3-5-17(6-4-16)21(25)22-19-13-18(24(26)27)7-8-20(19)28-2/h3-8,13,15H,9-12,14H2,1-2H3,(H,22,25). The lowest BCUT2D eigenvalue weighted by Crippen LogP contribution is -2.32. The molecule has 2 aromatic rings. The number of amides is 1. The van der Waals surface area contributed by atoms with Gasteiger partial charge in [-0.05, 0) is 55.6 Å². The minimum atomic E-state index is -0.509. The summed E-state index contributed by atoms with van der Waals surface area (Å²) < 4.78 is 5.19. The Morgan fingerprint density at radius 2 is 1.89 bits per heavy atom. The minimum absolute atomic E-state index is 0.109. The fourth-order valence-corrected chi connectivity index (χ4v) is 3.34. The smallest absolute Gasteiger partial charge is 0.271 e. The number of nitro groups is 1. The van der Waals surface area contributed by atoms with Crippen molar-refractivity contribution in [3.8, 4) is 5.75 Å². The summed E-state index contributed by atoms with van der Waals surface area (Å²) in [6.45, 7) is 5.39. The number of carbonyl (C=O) groups excluding carboxylic acids is 1. The van der Waals surface area contributed by atoms with E-state index >= 15 is 0 Å². The average molecular weight is 383 g/mol. The molecule has 0 unspecified atom stereocenters. The Hall–Kier alpha value is -2.93. The van der Waals surface area contributed by atoms with Crippen molar-refractivity contribution in [1.29, 1.82) is 0 Å². The molecule has 1 heterocycles. The molecule has 1 fully saturated rings. The first-order chi connectivity index (χ1) is 13.5. The molecule has 0 aliphatic carbocycles. The molecule has 3 rings (SSSR count). The molecule has 0 spiro atoms. The molecular weight excluding hydrogens is 358 g/mol. The van der Waals surface area contributed by atoms with Crippen LogP contribution in [0, 0.1) is 16.0 Å². The Bertz CT molecular complexity index is 843. The zero-order valence-electron chi connectivity index (χ0n) is 16.2. The van der Waals surface area contributed by atoms with Crippen LogP contribution in [0.5, 0.6) is 5.75 Å². The van der Waals surface area contributed by atoms with Crippen molar-refractivity contribution in [2.24, 2.45) is 5.92 Å². The first kappa shape index (κ1) is 19.8. The summed E-state index contributed by atoms with van der Waals surface area (Å²) in [5.41, 5.74) is 1.82. The van der Waals surface area contributed by atoms with Gasteiger partial charge in [-0.15, -0.1) is 0 Å². The van der Waals surface area contributed by atoms with Crippen molar-refractivity contribution >= 4 is 17.3 Å². The molecule has 1 amide bonds. The van der Waals surface area contributed by atoms with Gasteiger partial charge in [-0.2, -0.15) is 0 Å². The topological polar surface area (TPSA) is 84.7 Å². The Balaban J connectivity index is 1.66. The van der Waals surface area contributed by atoms with Gasteiger partial charge in [0.1, 0.15) is 5.75 Å². The summed E-state index contributed by atoms with van der Waals surface area (Å²) in [4.78, 5) is 25.5. The molecule has 28 heavy (non-hydrogen) atoms. The number of hydrogen-bond acceptors (Lipinski definition) is 5. The first-order valence-corrected chi connectivity index (χ1v) is 9.41. The van der Waals surface area contributed by atoms with Gasteiger partial charge in [0.15, 0.2) is 0 Å². The van der Waals surface area contributed by atoms with Crippen molar-refractivity contribution in [2.45, 2.75) is 26.3 Å². The number of methoxy groups -OCH3 is 1. The van der Waals surface area contributed by atoms with Gasteiger partial charge in [-0.25, -0.2) is 0 Å². The maximum atomic E-state index is 12.6. The zero-order valence-corrected chi connectivity index (χ0v) is 16.2. The number of likely N-dealkylation sites (tertiary alicyclic amines) is 1. The number of piperidine rings is 1. The number of benzene rings is 2. The molecule has 2 aromatic carbocycles. The SMILES string of the molecule is COc1ccc([N+](=O)[O-])cc1NC(=O)c1ccc(CN2CCC(C)CC2)cc1. The molecule has 1 saturated heterocycles. The molecule has 7 nitrogen and oxygen atoms in total. The van der Waals surface area contributed by atoms with E-state index in [1.165, 1.54) is 43.7 Å². The lowest BCUT2D eigenvalue weighted by Gasteiger charge is -2.30. The van der Waals surface area contributed by atoms with Crippen molar-refractivity contribution in [3.05, 3.63) is 63.7 Å². The summed E-state index contributed by atoms with van der Waals surface area (Å²) in [6, 6.07) is 11.6. The third-order valence-corrected chi connectivity index (χ3v) is 5.14. The van der Waals surface area contributed by atoms with Crippen LogP contribution >= 0.6 is 0 Å². The Morgan fingerprint density at radius 1 is 1.21 bits per heavy atom. The molecule has 1 aliphatic heterocycles. The number of nitrogens with zero attached hydrogens (tertiary/aromatic N) is 2. The van der Waals surface area contributed by atoms with Crippen molar-refractivity contribution in [1.82, 2.24) is 4.90 Å². The van der Waals surface area contributed by atoms with Crippen LogP contribution in [0.2, 0.25) is 0 Å². The zero-order chi connectivity index (χ0) is 20.1. The summed E-state index contributed by atoms with van der Waals surface area (Å²) in [5, 5.41) is 13.7. The number of carbonyl (C=O) groups is 1. The van der Waals surface area contributed by atoms with Crippen LogP contribution in [-0.2, 0) is 6.54 Å². The lowest BCUT2D eigenvalue weighted by atomic mass is 9.99. The number of ether oxygens (including phenoxy) is 1. The quantitative estimate of drug-likeness (QED) is 0.600. The summed E-state index contributed by atoms with van der Waals surface area (Å²) in [7, 11) is 1.45. The predicted octanol–water partition coefficient (Wildman–Crippen LogP) is 4.09. The molecule has 0 saturated carbocycles. The van der Waals surface area contributed by atoms with Crippen LogP contribution in [-0.4, -0.2) is 35.9 Å². The van der Waals surface area contributed by atoms with Gasteiger partial charge < -0.3 is 10.1 Å². The largest absolute Gasteiger partial charge is 0.495 e. The first-order valence-electron chi connectivity index (χ1n) is 9.41. The maximum Gasteiger partial charge on any atom is 0.271 e. The van der Waals surface area contributed by atoms with E-state index in [0.29, 0.717) is 11.3 Å². The molecule has 0 radical (unpaired) electrons. The monoisotopic (exact) mass is 383 g/mol. The van der Waals surface area contributed by atoms with Gasteiger partial charge in [0, 0.05) is 24.2 Å². The number of hydrogen-bond donors (Lipinski definition) is 1. The second-order valence-electron chi connectivity index (χ2n) is 7.25. The van der Waals surface area contributed by atoms with E-state index in [4.69, 9.17) is 4.74 Å². The molecule has 7 heteroatoms. The second kappa shape index (κ2) is 8.84. The molecule has 0 bridgehead atoms. The minimum Gasteiger partial charge on any atom is -0.495 e. The van der Waals surface area contributed by atoms with Crippen molar-refractivity contribution < 1.29 is 14.5 Å². The van der Waals surface area contributed by atoms with Gasteiger partial charge in [0.2, 0.25) is 0 Å². The van der Waals surface area contributed by atoms with Crippen LogP contribution in [0.25, 0.3) is 0 Å². The van der Waals surface area contributed by atoms with Gasteiger partial charge in [0.25, 0.3) is 11.6 Å². The predicted molar refractivity (Wildman–Crippen MR) is 108 cm³/mol. The summed E-state index contributed by atoms with van der Waals surface area (Å²) in [6.07, 6.45) is 2.46. The van der Waals surface area contributed by atoms with Gasteiger partial charge in [-0.1, -0.05) is 19.1 Å². The van der Waals surface area contributed by atoms with Gasteiger partial charge in [-0.3, -0.25) is 19.8 Å². The average Bonchev–Trinajstić information content (AvgIpc) is 2.70. The third-order valence-electron chi connectivity index (χ3n) is 5.14. The molecule has 1 aliphatic rings. The van der Waals surface area contributed by atoms with Crippen LogP contribution < -0.4 is 10.1 Å². The van der Waals surface area contributed by atoms with Crippen LogP contribution in [0.1, 0.15) is 35.7 Å². The highest BCUT2D eigenvalue weighted by atomic mass is 16.6. The molecule has 0 aromatic heterocycles. The highest BCUT2D eigenvalue weighted by Crippen LogP contribution is 2.29. The third kappa shape index (κ3) is 4.86. The number of nitrogens with one attached hydrogen (secondary N) is 1. The fourth-order valence-electron chi connectivity index (χ4n) is 3.34. The number of non-ortho nitro benzene ring substituents is 1. The number of nitro benzene ring substituents is 1. The molecule has 0 atom stereocenters. The molecule has 1 N–H and O–H groups in total. The summed E-state index contributed by atoms with van der Waals surface area (Å²) in [5.74, 6) is 0.833.